The van der Waals surface area contributed by atoms with E-state index in [0.29, 0.717) is 6.54 Å². The molecule has 2 heteroatoms. The van der Waals surface area contributed by atoms with Gasteiger partial charge in [0.2, 0.25) is 0 Å². The molecule has 1 radical (unpaired) electrons. The second-order valence-corrected chi connectivity index (χ2v) is 3.81. The van der Waals surface area contributed by atoms with Crippen LogP contribution in [0.4, 0.5) is 5.69 Å². The van der Waals surface area contributed by atoms with Crippen LogP contribution in [0.15, 0.2) is 48.5 Å². The highest BCUT2D eigenvalue weighted by molar-refractivity contribution is 6.09. The summed E-state index contributed by atoms with van der Waals surface area (Å²) in [7, 11) is 0. The van der Waals surface area contributed by atoms with Gasteiger partial charge in [0.05, 0.1) is 6.54 Å². The number of hydrogen-bond acceptors (Lipinski definition) is 1. The van der Waals surface area contributed by atoms with Crippen molar-refractivity contribution >= 4 is 11.6 Å². The molecule has 2 aromatic rings. The summed E-state index contributed by atoms with van der Waals surface area (Å²) in [4.78, 5) is 13.9. The predicted molar refractivity (Wildman–Crippen MR) is 62.2 cm³/mol. The molecule has 77 valence electrons. The largest absolute Gasteiger partial charge is 0.304 e. The zero-order valence-corrected chi connectivity index (χ0v) is 8.68. The topological polar surface area (TPSA) is 20.3 Å². The zero-order chi connectivity index (χ0) is 11.0. The first-order chi connectivity index (χ1) is 7.86. The first-order valence-electron chi connectivity index (χ1n) is 5.22. The van der Waals surface area contributed by atoms with Crippen LogP contribution in [0.2, 0.25) is 0 Å². The van der Waals surface area contributed by atoms with Gasteiger partial charge in [0.15, 0.2) is 0 Å². The molecule has 0 aliphatic carbocycles. The van der Waals surface area contributed by atoms with Gasteiger partial charge in [0, 0.05) is 11.3 Å². The van der Waals surface area contributed by atoms with Crippen LogP contribution in [0.5, 0.6) is 0 Å². The predicted octanol–water partition coefficient (Wildman–Crippen LogP) is 2.65. The van der Waals surface area contributed by atoms with E-state index in [1.165, 1.54) is 0 Å². The van der Waals surface area contributed by atoms with E-state index in [4.69, 9.17) is 0 Å². The van der Waals surface area contributed by atoms with Gasteiger partial charge in [0.1, 0.15) is 0 Å². The molecule has 16 heavy (non-hydrogen) atoms. The Morgan fingerprint density at radius 2 is 1.81 bits per heavy atom. The van der Waals surface area contributed by atoms with Crippen molar-refractivity contribution in [2.75, 3.05) is 4.90 Å². The van der Waals surface area contributed by atoms with Gasteiger partial charge in [-0.15, -0.1) is 0 Å². The third-order valence-corrected chi connectivity index (χ3v) is 2.83. The highest BCUT2D eigenvalue weighted by Gasteiger charge is 2.27. The Balaban J connectivity index is 2.02. The molecule has 0 N–H and O–H groups in total. The molecule has 0 saturated heterocycles. The minimum Gasteiger partial charge on any atom is -0.304 e. The Kier molecular flexibility index (Phi) is 2.00. The number of benzene rings is 2. The molecule has 3 rings (SSSR count). The van der Waals surface area contributed by atoms with Crippen molar-refractivity contribution in [2.45, 2.75) is 6.54 Å². The van der Waals surface area contributed by atoms with Gasteiger partial charge in [0.25, 0.3) is 5.91 Å². The fourth-order valence-corrected chi connectivity index (χ4v) is 2.02. The van der Waals surface area contributed by atoms with Crippen molar-refractivity contribution in [1.82, 2.24) is 0 Å². The lowest BCUT2D eigenvalue weighted by Gasteiger charge is -2.14. The molecule has 0 bridgehead atoms. The van der Waals surface area contributed by atoms with Crippen LogP contribution in [0.25, 0.3) is 0 Å². The van der Waals surface area contributed by atoms with Crippen LogP contribution in [0, 0.1) is 6.07 Å². The lowest BCUT2D eigenvalue weighted by molar-refractivity contribution is 0.0996. The summed E-state index contributed by atoms with van der Waals surface area (Å²) >= 11 is 0. The van der Waals surface area contributed by atoms with Crippen molar-refractivity contribution in [2.24, 2.45) is 0 Å². The Bertz CT molecular complexity index is 533. The Morgan fingerprint density at radius 1 is 1.06 bits per heavy atom. The van der Waals surface area contributed by atoms with Gasteiger partial charge < -0.3 is 4.90 Å². The summed E-state index contributed by atoms with van der Waals surface area (Å²) in [6, 6.07) is 18.2. The zero-order valence-electron chi connectivity index (χ0n) is 8.68. The molecule has 1 amide bonds. The van der Waals surface area contributed by atoms with Crippen molar-refractivity contribution in [3.8, 4) is 0 Å². The third kappa shape index (κ3) is 1.31. The average Bonchev–Trinajstić information content (AvgIpc) is 2.69. The van der Waals surface area contributed by atoms with E-state index < -0.39 is 0 Å². The minimum absolute atomic E-state index is 0.0850. The number of amides is 1. The second-order valence-electron chi connectivity index (χ2n) is 3.81. The lowest BCUT2D eigenvalue weighted by atomic mass is 10.1. The molecule has 1 heterocycles. The standard InChI is InChI=1S/C14H10NO/c16-14-13-9-5-4-6-11(13)10-15(14)12-7-2-1-3-8-12/h2-9H,10H2. The minimum atomic E-state index is 0.0850. The molecule has 1 aliphatic rings. The summed E-state index contributed by atoms with van der Waals surface area (Å²) in [6.45, 7) is 0.666. The van der Waals surface area contributed by atoms with Crippen molar-refractivity contribution < 1.29 is 4.79 Å². The van der Waals surface area contributed by atoms with Gasteiger partial charge in [-0.1, -0.05) is 30.3 Å². The van der Waals surface area contributed by atoms with E-state index >= 15 is 0 Å². The van der Waals surface area contributed by atoms with Gasteiger partial charge in [-0.05, 0) is 29.8 Å². The molecule has 0 saturated carbocycles. The number of rotatable bonds is 1. The second kappa shape index (κ2) is 3.49. The summed E-state index contributed by atoms with van der Waals surface area (Å²) in [5.74, 6) is 0.0850. The molecule has 0 spiro atoms. The fourth-order valence-electron chi connectivity index (χ4n) is 2.02. The number of hydrogen-bond donors (Lipinski definition) is 0. The van der Waals surface area contributed by atoms with E-state index in [1.54, 1.807) is 4.90 Å². The molecule has 2 aromatic carbocycles. The molecule has 0 aromatic heterocycles. The van der Waals surface area contributed by atoms with Crippen LogP contribution < -0.4 is 4.90 Å². The molecule has 1 aliphatic heterocycles. The quantitative estimate of drug-likeness (QED) is 0.705. The van der Waals surface area contributed by atoms with Gasteiger partial charge in [-0.2, -0.15) is 0 Å². The maximum Gasteiger partial charge on any atom is 0.258 e. The highest BCUT2D eigenvalue weighted by atomic mass is 16.2. The SMILES string of the molecule is O=C1c2ccccc2CN1c1cc[c]cc1. The summed E-state index contributed by atoms with van der Waals surface area (Å²) < 4.78 is 0. The smallest absolute Gasteiger partial charge is 0.258 e. The fraction of sp³-hybridized carbons (Fsp3) is 0.0714. The Morgan fingerprint density at radius 3 is 2.56 bits per heavy atom. The maximum absolute atomic E-state index is 12.1. The Labute approximate surface area is 94.1 Å². The van der Waals surface area contributed by atoms with Crippen molar-refractivity contribution in [3.05, 3.63) is 65.7 Å². The molecule has 2 nitrogen and oxygen atoms in total. The van der Waals surface area contributed by atoms with Gasteiger partial charge in [-0.25, -0.2) is 0 Å². The molecule has 0 unspecified atom stereocenters. The monoisotopic (exact) mass is 208 g/mol. The third-order valence-electron chi connectivity index (χ3n) is 2.83. The van der Waals surface area contributed by atoms with Crippen LogP contribution in [-0.4, -0.2) is 5.91 Å². The Hall–Kier alpha value is -2.09. The van der Waals surface area contributed by atoms with E-state index in [0.717, 1.165) is 16.8 Å². The van der Waals surface area contributed by atoms with E-state index in [2.05, 4.69) is 6.07 Å². The molecule has 0 fully saturated rings. The van der Waals surface area contributed by atoms with Crippen molar-refractivity contribution in [1.29, 1.82) is 0 Å². The summed E-state index contributed by atoms with van der Waals surface area (Å²) in [5.41, 5.74) is 2.84. The number of fused-ring (bicyclic) bond motifs is 1. The van der Waals surface area contributed by atoms with E-state index in [9.17, 15) is 4.79 Å². The average molecular weight is 208 g/mol. The number of carbonyl (C=O) groups excluding carboxylic acids is 1. The molecular formula is C14H10NO. The van der Waals surface area contributed by atoms with E-state index in [-0.39, 0.29) is 5.91 Å². The van der Waals surface area contributed by atoms with Gasteiger partial charge in [-0.3, -0.25) is 4.79 Å². The van der Waals surface area contributed by atoms with Crippen LogP contribution in [0.1, 0.15) is 15.9 Å². The van der Waals surface area contributed by atoms with Crippen LogP contribution >= 0.6 is 0 Å². The number of nitrogens with zero attached hydrogens (tertiary/aromatic N) is 1. The van der Waals surface area contributed by atoms with Crippen LogP contribution in [0.3, 0.4) is 0 Å². The normalized spacial score (nSPS) is 14.0. The molecular weight excluding hydrogens is 198 g/mol. The summed E-state index contributed by atoms with van der Waals surface area (Å²) in [6.07, 6.45) is 0. The number of carbonyl (C=O) groups is 1. The number of anilines is 1. The van der Waals surface area contributed by atoms with Gasteiger partial charge >= 0.3 is 0 Å². The molecule has 0 atom stereocenters. The lowest BCUT2D eigenvalue weighted by Crippen LogP contribution is -2.22. The highest BCUT2D eigenvalue weighted by Crippen LogP contribution is 2.27. The van der Waals surface area contributed by atoms with E-state index in [1.807, 2.05) is 48.5 Å². The first-order valence-corrected chi connectivity index (χ1v) is 5.22. The summed E-state index contributed by atoms with van der Waals surface area (Å²) in [5, 5.41) is 0. The van der Waals surface area contributed by atoms with Crippen LogP contribution in [-0.2, 0) is 6.54 Å². The maximum atomic E-state index is 12.1. The van der Waals surface area contributed by atoms with Crippen molar-refractivity contribution in [3.63, 3.8) is 0 Å². The first kappa shape index (κ1) is 9.16.